The molecule has 1 aliphatic rings. The second-order valence-electron chi connectivity index (χ2n) is 1.68. The summed E-state index contributed by atoms with van der Waals surface area (Å²) in [5.41, 5.74) is 0. The van der Waals surface area contributed by atoms with E-state index >= 15 is 0 Å². The first-order valence-electron chi connectivity index (χ1n) is 2.64. The molecule has 1 heterocycles. The fraction of sp³-hybridized carbons (Fsp3) is 1.00. The minimum Gasteiger partial charge on any atom is -0.353 e. The van der Waals surface area contributed by atoms with E-state index in [0.717, 1.165) is 13.2 Å². The first-order valence-corrected chi connectivity index (χ1v) is 4.60. The van der Waals surface area contributed by atoms with E-state index in [0.29, 0.717) is 6.79 Å². The van der Waals surface area contributed by atoms with E-state index in [2.05, 4.69) is 0 Å². The fourth-order valence-electron chi connectivity index (χ4n) is 0.295. The Balaban J connectivity index is 0.000000148. The largest absolute Gasteiger partial charge is 0.353 e. The molecule has 0 atom stereocenters. The topological polar surface area (TPSA) is 35.5 Å². The van der Waals surface area contributed by atoms with Crippen molar-refractivity contribution in [3.05, 3.63) is 0 Å². The Kier molecular flexibility index (Phi) is 6.24. The molecular weight excluding hydrogens is 140 g/mol. The van der Waals surface area contributed by atoms with Gasteiger partial charge in [-0.05, 0) is 0 Å². The Bertz CT molecular complexity index is 68.7. The van der Waals surface area contributed by atoms with Gasteiger partial charge < -0.3 is 9.47 Å². The van der Waals surface area contributed by atoms with Gasteiger partial charge in [0.1, 0.15) is 6.79 Å². The van der Waals surface area contributed by atoms with E-state index in [-0.39, 0.29) is 0 Å². The molecule has 0 spiro atoms. The maximum absolute atomic E-state index is 9.56. The van der Waals surface area contributed by atoms with E-state index in [4.69, 9.17) is 9.47 Å². The van der Waals surface area contributed by atoms with Crippen LogP contribution in [0.25, 0.3) is 0 Å². The Morgan fingerprint density at radius 2 is 1.56 bits per heavy atom. The van der Waals surface area contributed by atoms with Crippen molar-refractivity contribution in [2.24, 2.45) is 0 Å². The summed E-state index contributed by atoms with van der Waals surface area (Å²) >= 11 is 0. The Morgan fingerprint density at radius 1 is 1.22 bits per heavy atom. The number of hydrogen-bond donors (Lipinski definition) is 0. The molecule has 0 aliphatic carbocycles. The highest BCUT2D eigenvalue weighted by Gasteiger charge is 1.93. The smallest absolute Gasteiger partial charge is 0.146 e. The van der Waals surface area contributed by atoms with E-state index in [1.54, 1.807) is 12.5 Å². The predicted octanol–water partition coefficient (Wildman–Crippen LogP) is -0.0146. The molecule has 0 saturated carbocycles. The zero-order chi connectivity index (χ0) is 7.11. The summed E-state index contributed by atoms with van der Waals surface area (Å²) in [5.74, 6) is 0. The molecule has 4 heteroatoms. The van der Waals surface area contributed by atoms with Crippen LogP contribution >= 0.6 is 0 Å². The van der Waals surface area contributed by atoms with Crippen LogP contribution in [0.4, 0.5) is 0 Å². The van der Waals surface area contributed by atoms with Crippen LogP contribution in [0.2, 0.25) is 0 Å². The van der Waals surface area contributed by atoms with Crippen LogP contribution in [0.5, 0.6) is 0 Å². The van der Waals surface area contributed by atoms with Crippen LogP contribution in [0.15, 0.2) is 0 Å². The van der Waals surface area contributed by atoms with Gasteiger partial charge >= 0.3 is 0 Å². The zero-order valence-corrected chi connectivity index (χ0v) is 6.57. The van der Waals surface area contributed by atoms with Crippen LogP contribution < -0.4 is 0 Å². The lowest BCUT2D eigenvalue weighted by molar-refractivity contribution is 0.0692. The summed E-state index contributed by atoms with van der Waals surface area (Å²) in [6, 6.07) is 0. The van der Waals surface area contributed by atoms with Gasteiger partial charge in [-0.15, -0.1) is 0 Å². The van der Waals surface area contributed by atoms with Crippen LogP contribution in [0.1, 0.15) is 0 Å². The molecule has 0 aromatic rings. The van der Waals surface area contributed by atoms with Crippen molar-refractivity contribution < 1.29 is 13.7 Å². The highest BCUT2D eigenvalue weighted by Crippen LogP contribution is 1.85. The highest BCUT2D eigenvalue weighted by atomic mass is 32.2. The molecule has 1 rings (SSSR count). The van der Waals surface area contributed by atoms with Gasteiger partial charge in [-0.3, -0.25) is 4.21 Å². The molecule has 56 valence electrons. The summed E-state index contributed by atoms with van der Waals surface area (Å²) in [4.78, 5) is 0. The molecule has 1 saturated heterocycles. The van der Waals surface area contributed by atoms with Crippen LogP contribution in [-0.2, 0) is 20.3 Å². The lowest BCUT2D eigenvalue weighted by Crippen LogP contribution is -1.79. The van der Waals surface area contributed by atoms with Crippen molar-refractivity contribution in [2.75, 3.05) is 32.5 Å². The maximum Gasteiger partial charge on any atom is 0.146 e. The maximum atomic E-state index is 9.56. The number of ether oxygens (including phenoxy) is 2. The third-order valence-corrected chi connectivity index (χ3v) is 0.539. The third kappa shape index (κ3) is 11.6. The molecule has 0 N–H and O–H groups in total. The first-order chi connectivity index (χ1) is 4.23. The normalized spacial score (nSPS) is 17.2. The molecule has 3 nitrogen and oxygen atoms in total. The molecule has 1 fully saturated rings. The van der Waals surface area contributed by atoms with Crippen LogP contribution in [-0.4, -0.2) is 36.7 Å². The predicted molar refractivity (Wildman–Crippen MR) is 36.8 cm³/mol. The summed E-state index contributed by atoms with van der Waals surface area (Å²) in [6.07, 6.45) is 3.28. The zero-order valence-electron chi connectivity index (χ0n) is 5.75. The minimum absolute atomic E-state index is 0.500. The monoisotopic (exact) mass is 152 g/mol. The quantitative estimate of drug-likeness (QED) is 0.489. The Labute approximate surface area is 57.8 Å². The second kappa shape index (κ2) is 6.19. The summed E-state index contributed by atoms with van der Waals surface area (Å²) in [7, 11) is -0.611. The molecule has 1 aliphatic heterocycles. The number of rotatable bonds is 0. The summed E-state index contributed by atoms with van der Waals surface area (Å²) < 4.78 is 19.0. The van der Waals surface area contributed by atoms with E-state index in [1.807, 2.05) is 0 Å². The summed E-state index contributed by atoms with van der Waals surface area (Å²) in [6.45, 7) is 2.06. The Hall–Kier alpha value is 0.0700. The van der Waals surface area contributed by atoms with E-state index in [9.17, 15) is 4.21 Å². The average molecular weight is 152 g/mol. The van der Waals surface area contributed by atoms with Crippen molar-refractivity contribution >= 4 is 10.8 Å². The van der Waals surface area contributed by atoms with Crippen LogP contribution in [0.3, 0.4) is 0 Å². The molecule has 0 unspecified atom stereocenters. The van der Waals surface area contributed by atoms with Gasteiger partial charge in [-0.2, -0.15) is 0 Å². The minimum atomic E-state index is -0.611. The average Bonchev–Trinajstić information content (AvgIpc) is 2.11. The van der Waals surface area contributed by atoms with E-state index < -0.39 is 10.8 Å². The third-order valence-electron chi connectivity index (χ3n) is 0.539. The Morgan fingerprint density at radius 3 is 1.67 bits per heavy atom. The molecule has 9 heavy (non-hydrogen) atoms. The van der Waals surface area contributed by atoms with E-state index in [1.165, 1.54) is 0 Å². The highest BCUT2D eigenvalue weighted by molar-refractivity contribution is 7.83. The lowest BCUT2D eigenvalue weighted by atomic mass is 10.8. The van der Waals surface area contributed by atoms with Crippen LogP contribution in [0, 0.1) is 0 Å². The SMILES string of the molecule is C1COCO1.CS(C)=O. The molecule has 0 bridgehead atoms. The van der Waals surface area contributed by atoms with Gasteiger partial charge in [-0.25, -0.2) is 0 Å². The van der Waals surface area contributed by atoms with Gasteiger partial charge in [-0.1, -0.05) is 0 Å². The fourth-order valence-corrected chi connectivity index (χ4v) is 0.295. The first kappa shape index (κ1) is 9.07. The molecular formula is C5H12O3S. The second-order valence-corrected chi connectivity index (χ2v) is 3.16. The van der Waals surface area contributed by atoms with Gasteiger partial charge in [0.15, 0.2) is 0 Å². The van der Waals surface area contributed by atoms with Gasteiger partial charge in [0, 0.05) is 23.3 Å². The van der Waals surface area contributed by atoms with Crippen molar-refractivity contribution in [1.29, 1.82) is 0 Å². The molecule has 0 radical (unpaired) electrons. The van der Waals surface area contributed by atoms with Crippen molar-refractivity contribution in [3.63, 3.8) is 0 Å². The van der Waals surface area contributed by atoms with Crippen molar-refractivity contribution in [3.8, 4) is 0 Å². The lowest BCUT2D eigenvalue weighted by Gasteiger charge is -1.76. The standard InChI is InChI=1S/C3H6O2.C2H6OS/c1-2-5-3-4-1;1-4(2)3/h1-3H2;1-2H3. The number of hydrogen-bond acceptors (Lipinski definition) is 3. The molecule has 0 aromatic carbocycles. The van der Waals surface area contributed by atoms with Crippen molar-refractivity contribution in [1.82, 2.24) is 0 Å². The summed E-state index contributed by atoms with van der Waals surface area (Å²) in [5, 5.41) is 0. The van der Waals surface area contributed by atoms with Gasteiger partial charge in [0.25, 0.3) is 0 Å². The van der Waals surface area contributed by atoms with Gasteiger partial charge in [0.2, 0.25) is 0 Å². The molecule has 0 aromatic heterocycles. The molecule has 0 amide bonds. The van der Waals surface area contributed by atoms with Crippen molar-refractivity contribution in [2.45, 2.75) is 0 Å². The van der Waals surface area contributed by atoms with Gasteiger partial charge in [0.05, 0.1) is 13.2 Å².